The Morgan fingerprint density at radius 1 is 1.25 bits per heavy atom. The van der Waals surface area contributed by atoms with E-state index < -0.39 is 12.1 Å². The van der Waals surface area contributed by atoms with Gasteiger partial charge >= 0.3 is 5.97 Å². The van der Waals surface area contributed by atoms with Crippen molar-refractivity contribution in [3.8, 4) is 0 Å². The summed E-state index contributed by atoms with van der Waals surface area (Å²) < 4.78 is 0. The van der Waals surface area contributed by atoms with Crippen LogP contribution >= 0.6 is 15.9 Å². The van der Waals surface area contributed by atoms with Gasteiger partial charge in [-0.3, -0.25) is 0 Å². The molecule has 0 aromatic rings. The number of rotatable bonds is 7. The summed E-state index contributed by atoms with van der Waals surface area (Å²) in [6.07, 6.45) is 3.20. The Balaban J connectivity index is 3.14. The van der Waals surface area contributed by atoms with Crippen LogP contribution in [0.2, 0.25) is 0 Å². The molecule has 4 heteroatoms. The zero-order valence-electron chi connectivity index (χ0n) is 7.00. The minimum absolute atomic E-state index is 0.373. The van der Waals surface area contributed by atoms with Gasteiger partial charge in [0.25, 0.3) is 0 Å². The van der Waals surface area contributed by atoms with E-state index in [4.69, 9.17) is 10.2 Å². The van der Waals surface area contributed by atoms with Gasteiger partial charge in [0, 0.05) is 5.33 Å². The first-order valence-corrected chi connectivity index (χ1v) is 5.27. The van der Waals surface area contributed by atoms with Crippen LogP contribution in [0, 0.1) is 0 Å². The third kappa shape index (κ3) is 6.61. The Morgan fingerprint density at radius 3 is 2.33 bits per heavy atom. The van der Waals surface area contributed by atoms with Crippen molar-refractivity contribution >= 4 is 21.9 Å². The van der Waals surface area contributed by atoms with E-state index in [2.05, 4.69) is 15.9 Å². The molecule has 0 radical (unpaired) electrons. The topological polar surface area (TPSA) is 57.5 Å². The van der Waals surface area contributed by atoms with Gasteiger partial charge in [-0.15, -0.1) is 0 Å². The maximum Gasteiger partial charge on any atom is 0.332 e. The third-order valence-electron chi connectivity index (χ3n) is 1.65. The molecule has 0 saturated carbocycles. The Hall–Kier alpha value is -0.0900. The molecule has 0 aliphatic heterocycles. The first-order chi connectivity index (χ1) is 5.68. The summed E-state index contributed by atoms with van der Waals surface area (Å²) in [4.78, 5) is 10.2. The van der Waals surface area contributed by atoms with Gasteiger partial charge in [-0.25, -0.2) is 4.79 Å². The first kappa shape index (κ1) is 11.9. The van der Waals surface area contributed by atoms with Crippen LogP contribution in [0.4, 0.5) is 0 Å². The van der Waals surface area contributed by atoms with Gasteiger partial charge in [-0.1, -0.05) is 35.2 Å². The highest BCUT2D eigenvalue weighted by molar-refractivity contribution is 9.09. The van der Waals surface area contributed by atoms with Gasteiger partial charge in [-0.2, -0.15) is 0 Å². The second-order valence-corrected chi connectivity index (χ2v) is 3.54. The Bertz CT molecular complexity index is 127. The summed E-state index contributed by atoms with van der Waals surface area (Å²) in [7, 11) is 0. The fourth-order valence-corrected chi connectivity index (χ4v) is 1.31. The monoisotopic (exact) mass is 238 g/mol. The Morgan fingerprint density at radius 2 is 1.83 bits per heavy atom. The fourth-order valence-electron chi connectivity index (χ4n) is 0.909. The predicted molar refractivity (Wildman–Crippen MR) is 50.5 cm³/mol. The van der Waals surface area contributed by atoms with Crippen LogP contribution in [0.15, 0.2) is 0 Å². The smallest absolute Gasteiger partial charge is 0.332 e. The van der Waals surface area contributed by atoms with Gasteiger partial charge in [0.1, 0.15) is 0 Å². The molecule has 72 valence electrons. The van der Waals surface area contributed by atoms with E-state index >= 15 is 0 Å². The lowest BCUT2D eigenvalue weighted by Crippen LogP contribution is -2.18. The van der Waals surface area contributed by atoms with Gasteiger partial charge < -0.3 is 10.2 Å². The summed E-state index contributed by atoms with van der Waals surface area (Å²) in [6.45, 7) is 0. The van der Waals surface area contributed by atoms with Crippen LogP contribution in [0.3, 0.4) is 0 Å². The quantitative estimate of drug-likeness (QED) is 0.526. The lowest BCUT2D eigenvalue weighted by molar-refractivity contribution is -0.146. The SMILES string of the molecule is O=C(O)[C@@H](O)CCCCCCBr. The van der Waals surface area contributed by atoms with Crippen molar-refractivity contribution in [2.75, 3.05) is 5.33 Å². The molecule has 1 atom stereocenters. The molecule has 0 aromatic carbocycles. The number of hydrogen-bond donors (Lipinski definition) is 2. The van der Waals surface area contributed by atoms with E-state index in [0.717, 1.165) is 31.0 Å². The average Bonchev–Trinajstić information content (AvgIpc) is 2.03. The Labute approximate surface area is 80.9 Å². The van der Waals surface area contributed by atoms with Crippen molar-refractivity contribution in [3.05, 3.63) is 0 Å². The van der Waals surface area contributed by atoms with E-state index in [1.165, 1.54) is 0 Å². The number of unbranched alkanes of at least 4 members (excludes halogenated alkanes) is 3. The normalized spacial score (nSPS) is 12.8. The van der Waals surface area contributed by atoms with Crippen molar-refractivity contribution in [2.24, 2.45) is 0 Å². The number of carboxylic acids is 1. The molecular weight excluding hydrogens is 224 g/mol. The lowest BCUT2D eigenvalue weighted by atomic mass is 10.1. The van der Waals surface area contributed by atoms with E-state index in [9.17, 15) is 4.79 Å². The first-order valence-electron chi connectivity index (χ1n) is 4.15. The molecule has 0 aromatic heterocycles. The number of alkyl halides is 1. The number of halogens is 1. The minimum atomic E-state index is -1.17. The third-order valence-corrected chi connectivity index (χ3v) is 2.21. The van der Waals surface area contributed by atoms with E-state index in [0.29, 0.717) is 6.42 Å². The predicted octanol–water partition coefficient (Wildman–Crippen LogP) is 1.78. The zero-order valence-corrected chi connectivity index (χ0v) is 8.59. The largest absolute Gasteiger partial charge is 0.479 e. The van der Waals surface area contributed by atoms with E-state index in [-0.39, 0.29) is 0 Å². The molecule has 2 N–H and O–H groups in total. The van der Waals surface area contributed by atoms with Crippen molar-refractivity contribution in [3.63, 3.8) is 0 Å². The second-order valence-electron chi connectivity index (χ2n) is 2.75. The van der Waals surface area contributed by atoms with Crippen molar-refractivity contribution in [1.82, 2.24) is 0 Å². The van der Waals surface area contributed by atoms with Gasteiger partial charge in [0.05, 0.1) is 0 Å². The highest BCUT2D eigenvalue weighted by atomic mass is 79.9. The Kier molecular flexibility index (Phi) is 7.50. The van der Waals surface area contributed by atoms with Crippen LogP contribution in [0.1, 0.15) is 32.1 Å². The zero-order chi connectivity index (χ0) is 9.40. The van der Waals surface area contributed by atoms with Gasteiger partial charge in [-0.05, 0) is 12.8 Å². The van der Waals surface area contributed by atoms with Gasteiger partial charge in [0.2, 0.25) is 0 Å². The summed E-state index contributed by atoms with van der Waals surface area (Å²) in [5.41, 5.74) is 0. The molecule has 0 amide bonds. The summed E-state index contributed by atoms with van der Waals surface area (Å²) in [6, 6.07) is 0. The molecule has 0 rings (SSSR count). The fraction of sp³-hybridized carbons (Fsp3) is 0.875. The maximum atomic E-state index is 10.2. The van der Waals surface area contributed by atoms with Crippen LogP contribution in [-0.2, 0) is 4.79 Å². The van der Waals surface area contributed by atoms with E-state index in [1.807, 2.05) is 0 Å². The number of carbonyl (C=O) groups is 1. The maximum absolute atomic E-state index is 10.2. The molecule has 0 bridgehead atoms. The molecule has 0 aliphatic carbocycles. The van der Waals surface area contributed by atoms with Gasteiger partial charge in [0.15, 0.2) is 6.10 Å². The van der Waals surface area contributed by atoms with Crippen LogP contribution in [0.5, 0.6) is 0 Å². The second kappa shape index (κ2) is 7.55. The number of aliphatic hydroxyl groups is 1. The summed E-state index contributed by atoms with van der Waals surface area (Å²) in [5, 5.41) is 18.2. The summed E-state index contributed by atoms with van der Waals surface area (Å²) >= 11 is 3.31. The van der Waals surface area contributed by atoms with Crippen LogP contribution in [-0.4, -0.2) is 27.6 Å². The number of hydrogen-bond acceptors (Lipinski definition) is 2. The molecular formula is C8H15BrO3. The standard InChI is InChI=1S/C8H15BrO3/c9-6-4-2-1-3-5-7(10)8(11)12/h7,10H,1-6H2,(H,11,12)/t7-/m0/s1. The van der Waals surface area contributed by atoms with Crippen molar-refractivity contribution in [1.29, 1.82) is 0 Å². The molecule has 12 heavy (non-hydrogen) atoms. The average molecular weight is 239 g/mol. The molecule has 0 aliphatic rings. The molecule has 3 nitrogen and oxygen atoms in total. The number of aliphatic hydroxyl groups excluding tert-OH is 1. The van der Waals surface area contributed by atoms with Crippen LogP contribution < -0.4 is 0 Å². The van der Waals surface area contributed by atoms with Crippen molar-refractivity contribution < 1.29 is 15.0 Å². The molecule has 0 fully saturated rings. The highest BCUT2D eigenvalue weighted by Gasteiger charge is 2.11. The lowest BCUT2D eigenvalue weighted by Gasteiger charge is -2.03. The number of carboxylic acid groups (broad SMARTS) is 1. The molecule has 0 spiro atoms. The van der Waals surface area contributed by atoms with Crippen molar-refractivity contribution in [2.45, 2.75) is 38.2 Å². The molecule has 0 saturated heterocycles. The summed E-state index contributed by atoms with van der Waals surface area (Å²) in [5.74, 6) is -1.12. The molecule has 0 heterocycles. The highest BCUT2D eigenvalue weighted by Crippen LogP contribution is 2.06. The molecule has 0 unspecified atom stereocenters. The van der Waals surface area contributed by atoms with E-state index in [1.54, 1.807) is 0 Å². The number of aliphatic carboxylic acids is 1. The van der Waals surface area contributed by atoms with Crippen LogP contribution in [0.25, 0.3) is 0 Å². The minimum Gasteiger partial charge on any atom is -0.479 e.